The third kappa shape index (κ3) is 4.86. The van der Waals surface area contributed by atoms with Gasteiger partial charge in [0.15, 0.2) is 5.13 Å². The van der Waals surface area contributed by atoms with Gasteiger partial charge in [0.1, 0.15) is 0 Å². The maximum Gasteiger partial charge on any atom is 0.226 e. The fraction of sp³-hybridized carbons (Fsp3) is 0.412. The van der Waals surface area contributed by atoms with Crippen LogP contribution in [0.4, 0.5) is 5.13 Å². The van der Waals surface area contributed by atoms with Crippen LogP contribution in [-0.2, 0) is 11.2 Å². The summed E-state index contributed by atoms with van der Waals surface area (Å²) in [6.07, 6.45) is 5.43. The molecular weight excluding hydrogens is 374 g/mol. The maximum absolute atomic E-state index is 12.1. The lowest BCUT2D eigenvalue weighted by Crippen LogP contribution is -2.26. The van der Waals surface area contributed by atoms with E-state index in [-0.39, 0.29) is 5.91 Å². The Bertz CT molecular complexity index is 667. The standard InChI is InChI=1S/C17H20BrN3OS/c18-14-3-1-2-12(10-14)4-5-16(22)21-17-20-11-15(23-17)13-6-8-19-9-7-13/h1-3,10-11,13,19H,4-9H2,(H,20,21,22). The van der Waals surface area contributed by atoms with Gasteiger partial charge in [-0.2, -0.15) is 0 Å². The van der Waals surface area contributed by atoms with E-state index in [1.165, 1.54) is 4.88 Å². The number of carbonyl (C=O) groups is 1. The number of carbonyl (C=O) groups excluding carboxylic acids is 1. The summed E-state index contributed by atoms with van der Waals surface area (Å²) in [7, 11) is 0. The first kappa shape index (κ1) is 16.6. The summed E-state index contributed by atoms with van der Waals surface area (Å²) in [5.74, 6) is 0.609. The molecule has 4 nitrogen and oxygen atoms in total. The molecule has 1 aliphatic heterocycles. The average molecular weight is 394 g/mol. The van der Waals surface area contributed by atoms with Crippen LogP contribution < -0.4 is 10.6 Å². The van der Waals surface area contributed by atoms with Crippen molar-refractivity contribution in [3.63, 3.8) is 0 Å². The van der Waals surface area contributed by atoms with Crippen molar-refractivity contribution in [2.45, 2.75) is 31.6 Å². The van der Waals surface area contributed by atoms with Crippen LogP contribution >= 0.6 is 27.3 Å². The molecule has 1 fully saturated rings. The van der Waals surface area contributed by atoms with Gasteiger partial charge in [-0.3, -0.25) is 4.79 Å². The summed E-state index contributed by atoms with van der Waals surface area (Å²) >= 11 is 5.06. The monoisotopic (exact) mass is 393 g/mol. The van der Waals surface area contributed by atoms with Crippen LogP contribution in [0.2, 0.25) is 0 Å². The van der Waals surface area contributed by atoms with E-state index in [0.29, 0.717) is 12.3 Å². The number of aryl methyl sites for hydroxylation is 1. The zero-order valence-corrected chi connectivity index (χ0v) is 15.3. The Hall–Kier alpha value is -1.24. The second-order valence-electron chi connectivity index (χ2n) is 5.77. The van der Waals surface area contributed by atoms with Crippen molar-refractivity contribution in [2.75, 3.05) is 18.4 Å². The quantitative estimate of drug-likeness (QED) is 0.808. The zero-order chi connectivity index (χ0) is 16.1. The SMILES string of the molecule is O=C(CCc1cccc(Br)c1)Nc1ncc(C2CCNCC2)s1. The number of thiazole rings is 1. The molecule has 122 valence electrons. The van der Waals surface area contributed by atoms with Gasteiger partial charge in [0.2, 0.25) is 5.91 Å². The van der Waals surface area contributed by atoms with Crippen LogP contribution in [0.3, 0.4) is 0 Å². The van der Waals surface area contributed by atoms with Crippen molar-refractivity contribution >= 4 is 38.3 Å². The number of rotatable bonds is 5. The highest BCUT2D eigenvalue weighted by Crippen LogP contribution is 2.31. The fourth-order valence-electron chi connectivity index (χ4n) is 2.77. The molecule has 23 heavy (non-hydrogen) atoms. The van der Waals surface area contributed by atoms with Crippen LogP contribution in [0.25, 0.3) is 0 Å². The minimum atomic E-state index is 0.0242. The first-order valence-electron chi connectivity index (χ1n) is 7.91. The topological polar surface area (TPSA) is 54.0 Å². The second-order valence-corrected chi connectivity index (χ2v) is 7.75. The van der Waals surface area contributed by atoms with Gasteiger partial charge in [-0.15, -0.1) is 11.3 Å². The molecule has 2 N–H and O–H groups in total. The lowest BCUT2D eigenvalue weighted by molar-refractivity contribution is -0.116. The van der Waals surface area contributed by atoms with Crippen LogP contribution in [0.5, 0.6) is 0 Å². The maximum atomic E-state index is 12.1. The van der Waals surface area contributed by atoms with Gasteiger partial charge in [-0.1, -0.05) is 28.1 Å². The fourth-order valence-corrected chi connectivity index (χ4v) is 4.22. The van der Waals surface area contributed by atoms with E-state index in [1.807, 2.05) is 30.5 Å². The molecule has 2 heterocycles. The van der Waals surface area contributed by atoms with Gasteiger partial charge in [-0.25, -0.2) is 4.98 Å². The predicted octanol–water partition coefficient (Wildman–Crippen LogP) is 3.94. The first-order valence-corrected chi connectivity index (χ1v) is 9.52. The van der Waals surface area contributed by atoms with E-state index in [1.54, 1.807) is 11.3 Å². The molecule has 1 saturated heterocycles. The Morgan fingerprint density at radius 3 is 3.00 bits per heavy atom. The number of aromatic nitrogens is 1. The van der Waals surface area contributed by atoms with Gasteiger partial charge in [0, 0.05) is 22.0 Å². The number of nitrogens with one attached hydrogen (secondary N) is 2. The number of hydrogen-bond donors (Lipinski definition) is 2. The van der Waals surface area contributed by atoms with E-state index in [4.69, 9.17) is 0 Å². The summed E-state index contributed by atoms with van der Waals surface area (Å²) in [5.41, 5.74) is 1.16. The molecule has 0 unspecified atom stereocenters. The van der Waals surface area contributed by atoms with E-state index in [0.717, 1.165) is 47.5 Å². The molecule has 0 saturated carbocycles. The Morgan fingerprint density at radius 2 is 2.22 bits per heavy atom. The highest BCUT2D eigenvalue weighted by atomic mass is 79.9. The van der Waals surface area contributed by atoms with E-state index < -0.39 is 0 Å². The molecule has 0 aliphatic carbocycles. The second kappa shape index (κ2) is 8.04. The number of benzene rings is 1. The summed E-state index contributed by atoms with van der Waals surface area (Å²) in [6, 6.07) is 8.06. The lowest BCUT2D eigenvalue weighted by Gasteiger charge is -2.20. The smallest absolute Gasteiger partial charge is 0.226 e. The Kier molecular flexibility index (Phi) is 5.80. The Labute approximate surface area is 148 Å². The van der Waals surface area contributed by atoms with Crippen LogP contribution in [0.1, 0.15) is 35.6 Å². The van der Waals surface area contributed by atoms with Crippen LogP contribution in [-0.4, -0.2) is 24.0 Å². The largest absolute Gasteiger partial charge is 0.317 e. The lowest BCUT2D eigenvalue weighted by atomic mass is 9.97. The third-order valence-electron chi connectivity index (χ3n) is 4.04. The molecular formula is C17H20BrN3OS. The van der Waals surface area contributed by atoms with E-state index >= 15 is 0 Å². The minimum Gasteiger partial charge on any atom is -0.317 e. The van der Waals surface area contributed by atoms with Gasteiger partial charge in [0.05, 0.1) is 0 Å². The van der Waals surface area contributed by atoms with Gasteiger partial charge < -0.3 is 10.6 Å². The number of hydrogen-bond acceptors (Lipinski definition) is 4. The molecule has 0 spiro atoms. The van der Waals surface area contributed by atoms with Crippen molar-refractivity contribution in [2.24, 2.45) is 0 Å². The summed E-state index contributed by atoms with van der Waals surface area (Å²) in [6.45, 7) is 2.13. The average Bonchev–Trinajstić information content (AvgIpc) is 3.02. The number of nitrogens with zero attached hydrogens (tertiary/aromatic N) is 1. The predicted molar refractivity (Wildman–Crippen MR) is 98.1 cm³/mol. The molecule has 1 aliphatic rings. The number of halogens is 1. The van der Waals surface area contributed by atoms with Gasteiger partial charge in [-0.05, 0) is 56.0 Å². The molecule has 1 aromatic carbocycles. The molecule has 1 amide bonds. The van der Waals surface area contributed by atoms with Crippen molar-refractivity contribution in [1.29, 1.82) is 0 Å². The molecule has 6 heteroatoms. The van der Waals surface area contributed by atoms with E-state index in [2.05, 4.69) is 31.5 Å². The number of anilines is 1. The first-order chi connectivity index (χ1) is 11.2. The molecule has 0 atom stereocenters. The third-order valence-corrected chi connectivity index (χ3v) is 5.61. The van der Waals surface area contributed by atoms with Crippen molar-refractivity contribution in [1.82, 2.24) is 10.3 Å². The summed E-state index contributed by atoms with van der Waals surface area (Å²) in [5, 5.41) is 7.02. The highest BCUT2D eigenvalue weighted by molar-refractivity contribution is 9.10. The summed E-state index contributed by atoms with van der Waals surface area (Å²) < 4.78 is 1.04. The molecule has 2 aromatic rings. The Morgan fingerprint density at radius 1 is 1.39 bits per heavy atom. The number of piperidine rings is 1. The normalized spacial score (nSPS) is 15.5. The Balaban J connectivity index is 1.50. The minimum absolute atomic E-state index is 0.0242. The van der Waals surface area contributed by atoms with Crippen molar-refractivity contribution < 1.29 is 4.79 Å². The summed E-state index contributed by atoms with van der Waals surface area (Å²) in [4.78, 5) is 17.7. The van der Waals surface area contributed by atoms with Crippen LogP contribution in [0, 0.1) is 0 Å². The van der Waals surface area contributed by atoms with Gasteiger partial charge >= 0.3 is 0 Å². The van der Waals surface area contributed by atoms with Crippen molar-refractivity contribution in [3.05, 3.63) is 45.4 Å². The molecule has 0 bridgehead atoms. The van der Waals surface area contributed by atoms with Gasteiger partial charge in [0.25, 0.3) is 0 Å². The highest BCUT2D eigenvalue weighted by Gasteiger charge is 2.18. The molecule has 3 rings (SSSR count). The zero-order valence-electron chi connectivity index (χ0n) is 12.8. The van der Waals surface area contributed by atoms with Crippen molar-refractivity contribution in [3.8, 4) is 0 Å². The molecule has 0 radical (unpaired) electrons. The number of amides is 1. The molecule has 1 aromatic heterocycles. The van der Waals surface area contributed by atoms with E-state index in [9.17, 15) is 4.79 Å². The van der Waals surface area contributed by atoms with Crippen LogP contribution in [0.15, 0.2) is 34.9 Å².